The predicted octanol–water partition coefficient (Wildman–Crippen LogP) is 11.0. The molecule has 0 spiro atoms. The number of carbonyl (C=O) groups excluding carboxylic acids is 2. The standard InChI is InChI=1S/C41H73O9P/c1-4-5-6-7-20-25-30-38-39(50-38)31-26-21-16-14-18-22-27-32-40(42)47-34-37(35-48-51(44,45)46)49-41(43)33-28-23-17-13-11-9-8-10-12-15-19-24-29-36(2)3/h14,18,20-21,25-26,36-39H,4-13,15-17,19,22-24,27-35H2,1-3H3,(H2,44,45,46)/b18-14-,25-20-,26-21-/t37-,38?,39?/m1/s1. The molecule has 0 aromatic carbocycles. The number of allylic oxidation sites excluding steroid dienone is 4. The summed E-state index contributed by atoms with van der Waals surface area (Å²) in [6.07, 6.45) is 37.6. The first kappa shape index (κ1) is 47.3. The quantitative estimate of drug-likeness (QED) is 0.0214. The van der Waals surface area contributed by atoms with E-state index in [9.17, 15) is 14.2 Å². The lowest BCUT2D eigenvalue weighted by Crippen LogP contribution is -2.29. The number of unbranched alkanes of at least 4 members (excludes halogenated alkanes) is 15. The molecule has 1 heterocycles. The van der Waals surface area contributed by atoms with Crippen molar-refractivity contribution in [2.75, 3.05) is 13.2 Å². The van der Waals surface area contributed by atoms with Crippen molar-refractivity contribution in [1.82, 2.24) is 0 Å². The summed E-state index contributed by atoms with van der Waals surface area (Å²) in [5, 5.41) is 0. The molecule has 1 aliphatic rings. The second-order valence-corrected chi connectivity index (χ2v) is 15.7. The van der Waals surface area contributed by atoms with Crippen LogP contribution in [0.2, 0.25) is 0 Å². The van der Waals surface area contributed by atoms with Gasteiger partial charge in [0.15, 0.2) is 6.10 Å². The lowest BCUT2D eigenvalue weighted by atomic mass is 10.0. The Morgan fingerprint density at radius 2 is 1.20 bits per heavy atom. The van der Waals surface area contributed by atoms with E-state index < -0.39 is 32.5 Å². The van der Waals surface area contributed by atoms with Crippen LogP contribution in [-0.2, 0) is 32.9 Å². The van der Waals surface area contributed by atoms with Crippen LogP contribution in [0.15, 0.2) is 36.5 Å². The van der Waals surface area contributed by atoms with Crippen LogP contribution in [0.1, 0.15) is 175 Å². The average molecular weight is 741 g/mol. The molecule has 9 nitrogen and oxygen atoms in total. The van der Waals surface area contributed by atoms with E-state index >= 15 is 0 Å². The van der Waals surface area contributed by atoms with Gasteiger partial charge in [-0.25, -0.2) is 4.57 Å². The molecule has 0 aromatic rings. The summed E-state index contributed by atoms with van der Waals surface area (Å²) in [6.45, 7) is 5.92. The van der Waals surface area contributed by atoms with E-state index in [-0.39, 0.29) is 19.4 Å². The summed E-state index contributed by atoms with van der Waals surface area (Å²) in [7, 11) is -4.77. The molecule has 51 heavy (non-hydrogen) atoms. The fraction of sp³-hybridized carbons (Fsp3) is 0.805. The van der Waals surface area contributed by atoms with Crippen molar-refractivity contribution in [3.05, 3.63) is 36.5 Å². The largest absolute Gasteiger partial charge is 0.469 e. The number of ether oxygens (including phenoxy) is 3. The Morgan fingerprint density at radius 1 is 0.667 bits per heavy atom. The third-order valence-corrected chi connectivity index (χ3v) is 9.48. The first-order valence-corrected chi connectivity index (χ1v) is 21.8. The molecule has 1 saturated heterocycles. The number of rotatable bonds is 35. The Hall–Kier alpha value is -1.77. The number of epoxide rings is 1. The normalized spacial score (nSPS) is 16.9. The Bertz CT molecular complexity index is 1000. The number of esters is 2. The molecule has 1 rings (SSSR count). The highest BCUT2D eigenvalue weighted by Gasteiger charge is 2.36. The van der Waals surface area contributed by atoms with Crippen LogP contribution >= 0.6 is 7.82 Å². The summed E-state index contributed by atoms with van der Waals surface area (Å²) in [5.41, 5.74) is 0. The van der Waals surface area contributed by atoms with Gasteiger partial charge < -0.3 is 24.0 Å². The summed E-state index contributed by atoms with van der Waals surface area (Å²) in [5.74, 6) is -0.142. The van der Waals surface area contributed by atoms with E-state index in [2.05, 4.69) is 55.7 Å². The van der Waals surface area contributed by atoms with E-state index in [4.69, 9.17) is 24.0 Å². The van der Waals surface area contributed by atoms with Crippen LogP contribution in [0.4, 0.5) is 0 Å². The molecule has 0 bridgehead atoms. The molecule has 1 aliphatic heterocycles. The Balaban J connectivity index is 2.11. The second kappa shape index (κ2) is 31.7. The SMILES string of the molecule is CCCCC/C=C\CC1OC1C/C=C\C/C=C\CCCC(=O)OC[C@H](COP(=O)(O)O)OC(=O)CCCCCCCCCCCCCCC(C)C. The Morgan fingerprint density at radius 3 is 1.80 bits per heavy atom. The second-order valence-electron chi connectivity index (χ2n) is 14.5. The van der Waals surface area contributed by atoms with Crippen molar-refractivity contribution in [3.8, 4) is 0 Å². The lowest BCUT2D eigenvalue weighted by Gasteiger charge is -2.18. The van der Waals surface area contributed by atoms with Gasteiger partial charge in [-0.3, -0.25) is 14.1 Å². The minimum absolute atomic E-state index is 0.187. The fourth-order valence-corrected chi connectivity index (χ4v) is 6.19. The molecule has 0 aromatic heterocycles. The number of hydrogen-bond acceptors (Lipinski definition) is 7. The number of phosphoric acid groups is 1. The van der Waals surface area contributed by atoms with Gasteiger partial charge in [-0.15, -0.1) is 0 Å². The molecule has 0 aliphatic carbocycles. The maximum absolute atomic E-state index is 12.4. The van der Waals surface area contributed by atoms with E-state index in [0.717, 1.165) is 57.3 Å². The maximum atomic E-state index is 12.4. The molecule has 0 amide bonds. The van der Waals surface area contributed by atoms with Crippen LogP contribution in [-0.4, -0.2) is 53.3 Å². The minimum Gasteiger partial charge on any atom is -0.462 e. The van der Waals surface area contributed by atoms with E-state index in [1.54, 1.807) is 0 Å². The van der Waals surface area contributed by atoms with Crippen LogP contribution in [0.3, 0.4) is 0 Å². The smallest absolute Gasteiger partial charge is 0.462 e. The monoisotopic (exact) mass is 740 g/mol. The van der Waals surface area contributed by atoms with Gasteiger partial charge in [0, 0.05) is 12.8 Å². The Kier molecular flexibility index (Phi) is 29.4. The molecule has 2 unspecified atom stereocenters. The molecule has 0 radical (unpaired) electrons. The van der Waals surface area contributed by atoms with Crippen LogP contribution < -0.4 is 0 Å². The zero-order valence-electron chi connectivity index (χ0n) is 32.4. The Labute approximate surface area is 310 Å². The summed E-state index contributed by atoms with van der Waals surface area (Å²) in [4.78, 5) is 42.8. The minimum atomic E-state index is -4.77. The van der Waals surface area contributed by atoms with Crippen molar-refractivity contribution in [2.24, 2.45) is 5.92 Å². The van der Waals surface area contributed by atoms with Gasteiger partial charge in [-0.05, 0) is 57.3 Å². The van der Waals surface area contributed by atoms with Crippen LogP contribution in [0, 0.1) is 5.92 Å². The van der Waals surface area contributed by atoms with Gasteiger partial charge in [0.1, 0.15) is 6.61 Å². The van der Waals surface area contributed by atoms with E-state index in [1.807, 2.05) is 6.08 Å². The third-order valence-electron chi connectivity index (χ3n) is 8.99. The molecule has 296 valence electrons. The van der Waals surface area contributed by atoms with E-state index in [1.165, 1.54) is 77.0 Å². The molecule has 2 N–H and O–H groups in total. The topological polar surface area (TPSA) is 132 Å². The summed E-state index contributed by atoms with van der Waals surface area (Å²) < 4.78 is 32.1. The predicted molar refractivity (Wildman–Crippen MR) is 206 cm³/mol. The number of hydrogen-bond donors (Lipinski definition) is 2. The molecule has 10 heteroatoms. The molecule has 0 saturated carbocycles. The van der Waals surface area contributed by atoms with E-state index in [0.29, 0.717) is 25.0 Å². The van der Waals surface area contributed by atoms with Crippen molar-refractivity contribution in [3.63, 3.8) is 0 Å². The van der Waals surface area contributed by atoms with Gasteiger partial charge in [-0.1, -0.05) is 147 Å². The van der Waals surface area contributed by atoms with Gasteiger partial charge in [0.05, 0.1) is 18.8 Å². The summed E-state index contributed by atoms with van der Waals surface area (Å²) >= 11 is 0. The number of carbonyl (C=O) groups is 2. The maximum Gasteiger partial charge on any atom is 0.469 e. The molecular formula is C41H73O9P. The fourth-order valence-electron chi connectivity index (χ4n) is 5.83. The average Bonchev–Trinajstić information content (AvgIpc) is 3.84. The highest BCUT2D eigenvalue weighted by atomic mass is 31.2. The van der Waals surface area contributed by atoms with Gasteiger partial charge in [-0.2, -0.15) is 0 Å². The van der Waals surface area contributed by atoms with Crippen molar-refractivity contribution < 1.29 is 42.7 Å². The van der Waals surface area contributed by atoms with Gasteiger partial charge in [0.2, 0.25) is 0 Å². The van der Waals surface area contributed by atoms with Gasteiger partial charge in [0.25, 0.3) is 0 Å². The van der Waals surface area contributed by atoms with Crippen LogP contribution in [0.25, 0.3) is 0 Å². The zero-order chi connectivity index (χ0) is 37.4. The lowest BCUT2D eigenvalue weighted by molar-refractivity contribution is -0.161. The zero-order valence-corrected chi connectivity index (χ0v) is 33.3. The molecular weight excluding hydrogens is 667 g/mol. The van der Waals surface area contributed by atoms with Gasteiger partial charge >= 0.3 is 19.8 Å². The van der Waals surface area contributed by atoms with Crippen LogP contribution in [0.5, 0.6) is 0 Å². The number of phosphoric ester groups is 1. The van der Waals surface area contributed by atoms with Crippen molar-refractivity contribution in [2.45, 2.75) is 193 Å². The first-order valence-electron chi connectivity index (χ1n) is 20.3. The molecule has 1 fully saturated rings. The summed E-state index contributed by atoms with van der Waals surface area (Å²) in [6, 6.07) is 0. The first-order chi connectivity index (χ1) is 24.6. The highest BCUT2D eigenvalue weighted by Crippen LogP contribution is 2.36. The third kappa shape index (κ3) is 32.6. The van der Waals surface area contributed by atoms with Crippen molar-refractivity contribution >= 4 is 19.8 Å². The molecule has 3 atom stereocenters. The van der Waals surface area contributed by atoms with Crippen molar-refractivity contribution in [1.29, 1.82) is 0 Å². The highest BCUT2D eigenvalue weighted by molar-refractivity contribution is 7.46.